The number of rotatable bonds is 8. The van der Waals surface area contributed by atoms with Crippen LogP contribution in [0.1, 0.15) is 35.2 Å². The molecular weight excluding hydrogens is 350 g/mol. The van der Waals surface area contributed by atoms with Crippen LogP contribution in [0.5, 0.6) is 0 Å². The number of nitrogens with one attached hydrogen (secondary N) is 2. The number of anilines is 1. The highest BCUT2D eigenvalue weighted by atomic mass is 16.4. The maximum absolute atomic E-state index is 10.9. The molecule has 2 aromatic carbocycles. The van der Waals surface area contributed by atoms with Crippen LogP contribution in [-0.4, -0.2) is 47.7 Å². The van der Waals surface area contributed by atoms with E-state index in [-0.39, 0.29) is 0 Å². The van der Waals surface area contributed by atoms with Crippen molar-refractivity contribution in [3.05, 3.63) is 65.7 Å². The van der Waals surface area contributed by atoms with Gasteiger partial charge in [-0.2, -0.15) is 0 Å². The molecule has 2 atom stereocenters. The van der Waals surface area contributed by atoms with Gasteiger partial charge in [-0.3, -0.25) is 4.90 Å². The summed E-state index contributed by atoms with van der Waals surface area (Å²) in [7, 11) is 0. The molecule has 2 aromatic rings. The molecule has 2 fully saturated rings. The van der Waals surface area contributed by atoms with Gasteiger partial charge in [-0.05, 0) is 74.6 Å². The van der Waals surface area contributed by atoms with Crippen molar-refractivity contribution in [3.8, 4) is 0 Å². The predicted octanol–water partition coefficient (Wildman–Crippen LogP) is 3.44. The average molecular weight is 380 g/mol. The molecule has 1 aliphatic carbocycles. The van der Waals surface area contributed by atoms with Gasteiger partial charge in [0, 0.05) is 24.3 Å². The smallest absolute Gasteiger partial charge is 0.335 e. The molecule has 0 unspecified atom stereocenters. The van der Waals surface area contributed by atoms with Gasteiger partial charge < -0.3 is 15.7 Å². The Bertz CT molecular complexity index is 770. The first-order chi connectivity index (χ1) is 13.7. The Balaban J connectivity index is 1.14. The summed E-state index contributed by atoms with van der Waals surface area (Å²) in [4.78, 5) is 13.4. The molecule has 148 valence electrons. The quantitative estimate of drug-likeness (QED) is 0.656. The minimum absolute atomic E-state index is 0.355. The van der Waals surface area contributed by atoms with E-state index in [0.717, 1.165) is 32.1 Å². The fraction of sp³-hybridized carbons (Fsp3) is 0.435. The molecule has 1 saturated heterocycles. The van der Waals surface area contributed by atoms with E-state index in [9.17, 15) is 4.79 Å². The molecule has 4 rings (SSSR count). The molecule has 1 aliphatic heterocycles. The van der Waals surface area contributed by atoms with E-state index in [1.165, 1.54) is 30.5 Å². The third-order valence-corrected chi connectivity index (χ3v) is 5.90. The van der Waals surface area contributed by atoms with Crippen LogP contribution >= 0.6 is 0 Å². The highest BCUT2D eigenvalue weighted by Gasteiger charge is 2.37. The minimum Gasteiger partial charge on any atom is -0.478 e. The molecule has 5 nitrogen and oxygen atoms in total. The maximum atomic E-state index is 10.9. The highest BCUT2D eigenvalue weighted by molar-refractivity contribution is 5.87. The molecule has 2 aliphatic rings. The fourth-order valence-corrected chi connectivity index (χ4v) is 4.01. The van der Waals surface area contributed by atoms with E-state index in [0.29, 0.717) is 17.6 Å². The number of hydrogen-bond acceptors (Lipinski definition) is 4. The molecular formula is C23H29N3O2. The second-order valence-corrected chi connectivity index (χ2v) is 8.09. The first-order valence-electron chi connectivity index (χ1n) is 10.3. The fourth-order valence-electron chi connectivity index (χ4n) is 4.01. The van der Waals surface area contributed by atoms with Crippen molar-refractivity contribution in [3.63, 3.8) is 0 Å². The van der Waals surface area contributed by atoms with Crippen LogP contribution < -0.4 is 10.6 Å². The Hall–Kier alpha value is -2.37. The summed E-state index contributed by atoms with van der Waals surface area (Å²) in [6, 6.07) is 18.9. The molecule has 0 bridgehead atoms. The zero-order valence-corrected chi connectivity index (χ0v) is 16.2. The molecule has 5 heteroatoms. The number of carboxylic acids is 1. The number of piperidine rings is 1. The lowest BCUT2D eigenvalue weighted by Crippen LogP contribution is -2.38. The second kappa shape index (κ2) is 8.76. The standard InChI is InChI=1S/C23H29N3O2/c27-23(28)19-8-6-18(7-9-19)16-26-12-10-17(11-13-26)15-24-21-14-22(21)25-20-4-2-1-3-5-20/h1-9,17,21-22,24-25H,10-16H2,(H,27,28)/t21-,22-/m1/s1. The molecule has 0 aromatic heterocycles. The first kappa shape index (κ1) is 19.0. The van der Waals surface area contributed by atoms with Gasteiger partial charge in [-0.25, -0.2) is 4.79 Å². The van der Waals surface area contributed by atoms with Crippen molar-refractivity contribution >= 4 is 11.7 Å². The zero-order chi connectivity index (χ0) is 19.3. The lowest BCUT2D eigenvalue weighted by molar-refractivity contribution is 0.0697. The number of benzene rings is 2. The third-order valence-electron chi connectivity index (χ3n) is 5.90. The van der Waals surface area contributed by atoms with Crippen LogP contribution in [0.3, 0.4) is 0 Å². The number of likely N-dealkylation sites (tertiary alicyclic amines) is 1. The van der Waals surface area contributed by atoms with Gasteiger partial charge in [0.25, 0.3) is 0 Å². The molecule has 0 radical (unpaired) electrons. The van der Waals surface area contributed by atoms with Crippen molar-refractivity contribution in [1.29, 1.82) is 0 Å². The number of aromatic carboxylic acids is 1. The van der Waals surface area contributed by atoms with Crippen molar-refractivity contribution in [2.24, 2.45) is 5.92 Å². The second-order valence-electron chi connectivity index (χ2n) is 8.09. The van der Waals surface area contributed by atoms with Crippen molar-refractivity contribution < 1.29 is 9.90 Å². The Labute approximate surface area is 166 Å². The van der Waals surface area contributed by atoms with E-state index < -0.39 is 5.97 Å². The number of nitrogens with zero attached hydrogens (tertiary/aromatic N) is 1. The highest BCUT2D eigenvalue weighted by Crippen LogP contribution is 2.27. The lowest BCUT2D eigenvalue weighted by Gasteiger charge is -2.32. The number of carboxylic acid groups (broad SMARTS) is 1. The SMILES string of the molecule is O=C(O)c1ccc(CN2CCC(CN[C@@H]3C[C@H]3Nc3ccccc3)CC2)cc1. The van der Waals surface area contributed by atoms with Crippen LogP contribution in [0.4, 0.5) is 5.69 Å². The number of para-hydroxylation sites is 1. The third kappa shape index (κ3) is 5.12. The molecule has 0 spiro atoms. The summed E-state index contributed by atoms with van der Waals surface area (Å²) in [6.45, 7) is 4.25. The summed E-state index contributed by atoms with van der Waals surface area (Å²) in [5.41, 5.74) is 2.75. The van der Waals surface area contributed by atoms with Gasteiger partial charge in [0.15, 0.2) is 0 Å². The summed E-state index contributed by atoms with van der Waals surface area (Å²) < 4.78 is 0. The predicted molar refractivity (Wildman–Crippen MR) is 112 cm³/mol. The van der Waals surface area contributed by atoms with Crippen LogP contribution in [0.25, 0.3) is 0 Å². The van der Waals surface area contributed by atoms with Gasteiger partial charge in [0.1, 0.15) is 0 Å². The average Bonchev–Trinajstić information content (AvgIpc) is 3.46. The van der Waals surface area contributed by atoms with Crippen molar-refractivity contribution in [2.75, 3.05) is 25.0 Å². The molecule has 0 amide bonds. The van der Waals surface area contributed by atoms with Crippen LogP contribution in [0.2, 0.25) is 0 Å². The molecule has 1 saturated carbocycles. The summed E-state index contributed by atoms with van der Waals surface area (Å²) >= 11 is 0. The summed E-state index contributed by atoms with van der Waals surface area (Å²) in [5, 5.41) is 16.3. The van der Waals surface area contributed by atoms with Crippen LogP contribution in [0, 0.1) is 5.92 Å². The van der Waals surface area contributed by atoms with Gasteiger partial charge >= 0.3 is 5.97 Å². The maximum Gasteiger partial charge on any atom is 0.335 e. The Morgan fingerprint density at radius 3 is 2.39 bits per heavy atom. The lowest BCUT2D eigenvalue weighted by atomic mass is 9.96. The van der Waals surface area contributed by atoms with Crippen molar-refractivity contribution in [2.45, 2.75) is 37.9 Å². The minimum atomic E-state index is -0.864. The topological polar surface area (TPSA) is 64.6 Å². The Kier molecular flexibility index (Phi) is 5.93. The molecule has 1 heterocycles. The normalized spacial score (nSPS) is 22.7. The van der Waals surface area contributed by atoms with Crippen LogP contribution in [0.15, 0.2) is 54.6 Å². The van der Waals surface area contributed by atoms with E-state index >= 15 is 0 Å². The summed E-state index contributed by atoms with van der Waals surface area (Å²) in [5.74, 6) is -0.111. The number of carbonyl (C=O) groups is 1. The first-order valence-corrected chi connectivity index (χ1v) is 10.3. The van der Waals surface area contributed by atoms with Crippen molar-refractivity contribution in [1.82, 2.24) is 10.2 Å². The molecule has 28 heavy (non-hydrogen) atoms. The molecule has 3 N–H and O–H groups in total. The van der Waals surface area contributed by atoms with Crippen LogP contribution in [-0.2, 0) is 6.54 Å². The monoisotopic (exact) mass is 379 g/mol. The van der Waals surface area contributed by atoms with E-state index in [2.05, 4.69) is 39.8 Å². The Morgan fingerprint density at radius 2 is 1.71 bits per heavy atom. The Morgan fingerprint density at radius 1 is 1.00 bits per heavy atom. The largest absolute Gasteiger partial charge is 0.478 e. The van der Waals surface area contributed by atoms with Gasteiger partial charge in [0.05, 0.1) is 5.56 Å². The number of hydrogen-bond donors (Lipinski definition) is 3. The van der Waals surface area contributed by atoms with Gasteiger partial charge in [-0.15, -0.1) is 0 Å². The van der Waals surface area contributed by atoms with E-state index in [1.54, 1.807) is 12.1 Å². The van der Waals surface area contributed by atoms with Gasteiger partial charge in [-0.1, -0.05) is 30.3 Å². The zero-order valence-electron chi connectivity index (χ0n) is 16.2. The van der Waals surface area contributed by atoms with E-state index in [4.69, 9.17) is 5.11 Å². The van der Waals surface area contributed by atoms with E-state index in [1.807, 2.05) is 18.2 Å². The van der Waals surface area contributed by atoms with Gasteiger partial charge in [0.2, 0.25) is 0 Å². The summed E-state index contributed by atoms with van der Waals surface area (Å²) in [6.07, 6.45) is 3.66.